The Labute approximate surface area is 181 Å². The predicted octanol–water partition coefficient (Wildman–Crippen LogP) is 2.09. The molecule has 0 saturated carbocycles. The average Bonchev–Trinajstić information content (AvgIpc) is 2.78. The van der Waals surface area contributed by atoms with Crippen molar-refractivity contribution >= 4 is 39.8 Å². The quantitative estimate of drug-likeness (QED) is 0.439. The lowest BCUT2D eigenvalue weighted by Crippen LogP contribution is -2.49. The third-order valence-electron chi connectivity index (χ3n) is 5.27. The van der Waals surface area contributed by atoms with Gasteiger partial charge in [0.2, 0.25) is 5.91 Å². The summed E-state index contributed by atoms with van der Waals surface area (Å²) in [6, 6.07) is 11.5. The van der Waals surface area contributed by atoms with Crippen LogP contribution in [0.5, 0.6) is 0 Å². The zero-order valence-corrected chi connectivity index (χ0v) is 17.2. The first-order valence-corrected chi connectivity index (χ1v) is 10.1. The average molecular weight is 443 g/mol. The Morgan fingerprint density at radius 3 is 2.61 bits per heavy atom. The molecule has 0 radical (unpaired) electrons. The summed E-state index contributed by atoms with van der Waals surface area (Å²) in [5.74, 6) is -0.105. The first-order valence-electron chi connectivity index (χ1n) is 9.73. The molecule has 0 atom stereocenters. The number of amides is 1. The molecule has 1 aromatic heterocycles. The number of halogens is 1. The van der Waals surface area contributed by atoms with E-state index in [4.69, 9.17) is 11.6 Å². The molecular weight excluding hydrogens is 424 g/mol. The highest BCUT2D eigenvalue weighted by Crippen LogP contribution is 2.31. The number of carbonyl (C=O) groups is 1. The third-order valence-corrected chi connectivity index (χ3v) is 5.51. The van der Waals surface area contributed by atoms with Gasteiger partial charge in [-0.2, -0.15) is 0 Å². The molecule has 160 valence electrons. The SMILES string of the molecule is O=C(CCn1nnc2ccccc2c1=O)N1CCN(c2ccc(Cl)cc2[N+](=O)[O-])CC1. The van der Waals surface area contributed by atoms with Crippen LogP contribution >= 0.6 is 11.6 Å². The number of benzene rings is 2. The van der Waals surface area contributed by atoms with Crippen molar-refractivity contribution in [2.75, 3.05) is 31.1 Å². The van der Waals surface area contributed by atoms with E-state index in [2.05, 4.69) is 10.3 Å². The van der Waals surface area contributed by atoms with E-state index < -0.39 is 4.92 Å². The highest BCUT2D eigenvalue weighted by molar-refractivity contribution is 6.30. The number of piperazine rings is 1. The van der Waals surface area contributed by atoms with Crippen LogP contribution < -0.4 is 10.5 Å². The molecule has 1 fully saturated rings. The second-order valence-electron chi connectivity index (χ2n) is 7.14. The van der Waals surface area contributed by atoms with Crippen molar-refractivity contribution in [1.82, 2.24) is 19.9 Å². The summed E-state index contributed by atoms with van der Waals surface area (Å²) in [6.07, 6.45) is 0.119. The first-order chi connectivity index (χ1) is 14.9. The smallest absolute Gasteiger partial charge is 0.294 e. The standard InChI is InChI=1S/C20H19ClN6O4/c21-14-5-6-17(18(13-14)27(30)31)24-9-11-25(12-10-24)19(28)7-8-26-20(29)15-3-1-2-4-16(15)22-23-26/h1-6,13H,7-12H2. The molecule has 3 aromatic rings. The number of carbonyl (C=O) groups excluding carboxylic acids is 1. The Balaban J connectivity index is 1.38. The van der Waals surface area contributed by atoms with Crippen LogP contribution in [-0.2, 0) is 11.3 Å². The molecule has 2 aromatic carbocycles. The van der Waals surface area contributed by atoms with Gasteiger partial charge in [-0.3, -0.25) is 19.7 Å². The van der Waals surface area contributed by atoms with Crippen LogP contribution in [-0.4, -0.2) is 56.9 Å². The topological polar surface area (TPSA) is 114 Å². The summed E-state index contributed by atoms with van der Waals surface area (Å²) in [6.45, 7) is 1.92. The molecular formula is C20H19ClN6O4. The Morgan fingerprint density at radius 2 is 1.87 bits per heavy atom. The molecule has 0 unspecified atom stereocenters. The maximum atomic E-state index is 12.6. The number of nitro groups is 1. The van der Waals surface area contributed by atoms with Gasteiger partial charge in [0, 0.05) is 43.7 Å². The van der Waals surface area contributed by atoms with Gasteiger partial charge < -0.3 is 9.80 Å². The van der Waals surface area contributed by atoms with E-state index in [1.54, 1.807) is 41.3 Å². The maximum absolute atomic E-state index is 12.6. The van der Waals surface area contributed by atoms with Gasteiger partial charge in [0.25, 0.3) is 11.2 Å². The molecule has 11 heteroatoms. The first kappa shape index (κ1) is 20.7. The summed E-state index contributed by atoms with van der Waals surface area (Å²) >= 11 is 5.88. The number of nitrogens with zero attached hydrogens (tertiary/aromatic N) is 6. The second-order valence-corrected chi connectivity index (χ2v) is 7.58. The molecule has 1 aliphatic heterocycles. The molecule has 1 aliphatic rings. The van der Waals surface area contributed by atoms with Crippen LogP contribution in [0, 0.1) is 10.1 Å². The summed E-state index contributed by atoms with van der Waals surface area (Å²) in [5, 5.41) is 20.0. The van der Waals surface area contributed by atoms with Crippen LogP contribution in [0.2, 0.25) is 5.02 Å². The largest absolute Gasteiger partial charge is 0.362 e. The van der Waals surface area contributed by atoms with Gasteiger partial charge >= 0.3 is 0 Å². The number of anilines is 1. The van der Waals surface area contributed by atoms with Gasteiger partial charge in [-0.15, -0.1) is 5.10 Å². The van der Waals surface area contributed by atoms with E-state index in [9.17, 15) is 19.7 Å². The van der Waals surface area contributed by atoms with Crippen molar-refractivity contribution in [3.05, 3.63) is 68.0 Å². The van der Waals surface area contributed by atoms with Crippen LogP contribution in [0.25, 0.3) is 10.9 Å². The lowest BCUT2D eigenvalue weighted by molar-refractivity contribution is -0.384. The highest BCUT2D eigenvalue weighted by atomic mass is 35.5. The molecule has 0 spiro atoms. The number of hydrogen-bond acceptors (Lipinski definition) is 7. The Hall–Kier alpha value is -3.53. The summed E-state index contributed by atoms with van der Waals surface area (Å²) in [4.78, 5) is 39.6. The van der Waals surface area contributed by atoms with E-state index in [0.717, 1.165) is 0 Å². The fraction of sp³-hybridized carbons (Fsp3) is 0.300. The highest BCUT2D eigenvalue weighted by Gasteiger charge is 2.26. The zero-order valence-electron chi connectivity index (χ0n) is 16.5. The minimum atomic E-state index is -0.457. The van der Waals surface area contributed by atoms with E-state index in [1.807, 2.05) is 4.90 Å². The minimum Gasteiger partial charge on any atom is -0.362 e. The van der Waals surface area contributed by atoms with Crippen LogP contribution in [0.4, 0.5) is 11.4 Å². The number of fused-ring (bicyclic) bond motifs is 1. The van der Waals surface area contributed by atoms with E-state index >= 15 is 0 Å². The molecule has 2 heterocycles. The molecule has 0 N–H and O–H groups in total. The number of aryl methyl sites for hydroxylation is 1. The number of rotatable bonds is 5. The minimum absolute atomic E-state index is 0.0541. The Morgan fingerprint density at radius 1 is 1.13 bits per heavy atom. The summed E-state index contributed by atoms with van der Waals surface area (Å²) in [7, 11) is 0. The molecule has 10 nitrogen and oxygen atoms in total. The molecule has 1 saturated heterocycles. The lowest BCUT2D eigenvalue weighted by atomic mass is 10.2. The molecule has 4 rings (SSSR count). The lowest BCUT2D eigenvalue weighted by Gasteiger charge is -2.35. The summed E-state index contributed by atoms with van der Waals surface area (Å²) in [5.41, 5.74) is 0.668. The van der Waals surface area contributed by atoms with E-state index in [-0.39, 0.29) is 30.1 Å². The predicted molar refractivity (Wildman–Crippen MR) is 115 cm³/mol. The van der Waals surface area contributed by atoms with Gasteiger partial charge in [0.05, 0.1) is 16.9 Å². The Kier molecular flexibility index (Phi) is 5.81. The maximum Gasteiger partial charge on any atom is 0.294 e. The molecule has 0 bridgehead atoms. The van der Waals surface area contributed by atoms with Crippen molar-refractivity contribution in [3.63, 3.8) is 0 Å². The Bertz CT molecular complexity index is 1210. The monoisotopic (exact) mass is 442 g/mol. The van der Waals surface area contributed by atoms with Crippen LogP contribution in [0.1, 0.15) is 6.42 Å². The molecule has 1 amide bonds. The van der Waals surface area contributed by atoms with Gasteiger partial charge in [0.1, 0.15) is 11.2 Å². The third kappa shape index (κ3) is 4.33. The zero-order chi connectivity index (χ0) is 22.0. The van der Waals surface area contributed by atoms with Crippen molar-refractivity contribution in [1.29, 1.82) is 0 Å². The number of aromatic nitrogens is 3. The van der Waals surface area contributed by atoms with Gasteiger partial charge in [-0.1, -0.05) is 28.9 Å². The van der Waals surface area contributed by atoms with Gasteiger partial charge in [0.15, 0.2) is 0 Å². The number of nitro benzene ring substituents is 1. The van der Waals surface area contributed by atoms with Crippen molar-refractivity contribution in [2.45, 2.75) is 13.0 Å². The van der Waals surface area contributed by atoms with Gasteiger partial charge in [-0.25, -0.2) is 4.68 Å². The van der Waals surface area contributed by atoms with Crippen molar-refractivity contribution < 1.29 is 9.72 Å². The number of hydrogen-bond donors (Lipinski definition) is 0. The van der Waals surface area contributed by atoms with Crippen molar-refractivity contribution in [2.24, 2.45) is 0 Å². The normalized spacial score (nSPS) is 14.1. The second kappa shape index (κ2) is 8.68. The van der Waals surface area contributed by atoms with Crippen molar-refractivity contribution in [3.8, 4) is 0 Å². The van der Waals surface area contributed by atoms with Crippen LogP contribution in [0.3, 0.4) is 0 Å². The fourth-order valence-electron chi connectivity index (χ4n) is 3.64. The molecule has 31 heavy (non-hydrogen) atoms. The van der Waals surface area contributed by atoms with E-state index in [1.165, 1.54) is 10.7 Å². The fourth-order valence-corrected chi connectivity index (χ4v) is 3.80. The van der Waals surface area contributed by atoms with Crippen LogP contribution in [0.15, 0.2) is 47.3 Å². The molecule has 0 aliphatic carbocycles. The van der Waals surface area contributed by atoms with Gasteiger partial charge in [-0.05, 0) is 24.3 Å². The van der Waals surface area contributed by atoms with E-state index in [0.29, 0.717) is 47.8 Å². The summed E-state index contributed by atoms with van der Waals surface area (Å²) < 4.78 is 1.20.